The Balaban J connectivity index is 2.48. The Bertz CT molecular complexity index is 535. The lowest BCUT2D eigenvalue weighted by atomic mass is 10.0. The van der Waals surface area contributed by atoms with Gasteiger partial charge in [-0.3, -0.25) is 4.98 Å². The number of hydrogen-bond acceptors (Lipinski definition) is 3. The molecule has 0 amide bonds. The van der Waals surface area contributed by atoms with E-state index in [9.17, 15) is 4.79 Å². The summed E-state index contributed by atoms with van der Waals surface area (Å²) in [7, 11) is 1.37. The molecule has 1 aromatic carbocycles. The number of hydrogen-bond donors (Lipinski definition) is 0. The fourth-order valence-corrected chi connectivity index (χ4v) is 1.64. The lowest BCUT2D eigenvalue weighted by Crippen LogP contribution is -2.05. The van der Waals surface area contributed by atoms with E-state index in [1.54, 1.807) is 13.1 Å². The van der Waals surface area contributed by atoms with E-state index in [-0.39, 0.29) is 5.97 Å². The van der Waals surface area contributed by atoms with Crippen LogP contribution in [0.15, 0.2) is 42.6 Å². The molecule has 86 valence electrons. The van der Waals surface area contributed by atoms with Crippen molar-refractivity contribution in [2.45, 2.75) is 6.92 Å². The number of carbonyl (C=O) groups excluding carboxylic acids is 1. The van der Waals surface area contributed by atoms with E-state index >= 15 is 0 Å². The summed E-state index contributed by atoms with van der Waals surface area (Å²) in [5.74, 6) is -0.354. The van der Waals surface area contributed by atoms with Gasteiger partial charge < -0.3 is 4.74 Å². The first-order valence-corrected chi connectivity index (χ1v) is 5.33. The fraction of sp³-hybridized carbons (Fsp3) is 0.143. The summed E-state index contributed by atoms with van der Waals surface area (Å²) in [6.45, 7) is 1.79. The van der Waals surface area contributed by atoms with Crippen molar-refractivity contribution >= 4 is 5.97 Å². The molecule has 0 saturated carbocycles. The SMILES string of the molecule is COC(=O)c1cc(-c2ccccc2)cnc1C. The number of esters is 1. The Kier molecular flexibility index (Phi) is 3.19. The third-order valence-corrected chi connectivity index (χ3v) is 2.60. The van der Waals surface area contributed by atoms with Crippen LogP contribution in [0.4, 0.5) is 0 Å². The van der Waals surface area contributed by atoms with Crippen LogP contribution >= 0.6 is 0 Å². The van der Waals surface area contributed by atoms with Gasteiger partial charge in [0.05, 0.1) is 18.4 Å². The molecule has 0 aliphatic heterocycles. The largest absolute Gasteiger partial charge is 0.465 e. The Morgan fingerprint density at radius 1 is 1.18 bits per heavy atom. The average Bonchev–Trinajstić information content (AvgIpc) is 2.39. The smallest absolute Gasteiger partial charge is 0.339 e. The number of benzene rings is 1. The van der Waals surface area contributed by atoms with Crippen LogP contribution in [0, 0.1) is 6.92 Å². The van der Waals surface area contributed by atoms with Crippen LogP contribution in [0.3, 0.4) is 0 Å². The lowest BCUT2D eigenvalue weighted by molar-refractivity contribution is 0.0599. The number of rotatable bonds is 2. The second-order valence-electron chi connectivity index (χ2n) is 3.71. The van der Waals surface area contributed by atoms with Crippen molar-refractivity contribution < 1.29 is 9.53 Å². The van der Waals surface area contributed by atoms with Gasteiger partial charge in [0.25, 0.3) is 0 Å². The first-order valence-electron chi connectivity index (χ1n) is 5.33. The van der Waals surface area contributed by atoms with Gasteiger partial charge in [0, 0.05) is 11.8 Å². The standard InChI is InChI=1S/C14H13NO2/c1-10-13(14(16)17-2)8-12(9-15-10)11-6-4-3-5-7-11/h3-9H,1-2H3. The van der Waals surface area contributed by atoms with Crippen LogP contribution in [0.5, 0.6) is 0 Å². The highest BCUT2D eigenvalue weighted by molar-refractivity contribution is 5.91. The number of aromatic nitrogens is 1. The zero-order chi connectivity index (χ0) is 12.3. The van der Waals surface area contributed by atoms with E-state index in [0.29, 0.717) is 11.3 Å². The van der Waals surface area contributed by atoms with Gasteiger partial charge in [-0.2, -0.15) is 0 Å². The van der Waals surface area contributed by atoms with Crippen LogP contribution in [0.1, 0.15) is 16.1 Å². The van der Waals surface area contributed by atoms with Crippen molar-refractivity contribution in [3.63, 3.8) is 0 Å². The molecule has 0 unspecified atom stereocenters. The predicted molar refractivity (Wildman–Crippen MR) is 65.7 cm³/mol. The Labute approximate surface area is 100 Å². The topological polar surface area (TPSA) is 39.2 Å². The normalized spacial score (nSPS) is 10.0. The van der Waals surface area contributed by atoms with Gasteiger partial charge in [-0.05, 0) is 18.6 Å². The van der Waals surface area contributed by atoms with Gasteiger partial charge in [-0.1, -0.05) is 30.3 Å². The van der Waals surface area contributed by atoms with E-state index in [0.717, 1.165) is 11.1 Å². The molecular weight excluding hydrogens is 214 g/mol. The molecule has 0 atom stereocenters. The van der Waals surface area contributed by atoms with Crippen LogP contribution < -0.4 is 0 Å². The molecule has 0 spiro atoms. The summed E-state index contributed by atoms with van der Waals surface area (Å²) >= 11 is 0. The number of aryl methyl sites for hydroxylation is 1. The van der Waals surface area contributed by atoms with E-state index in [1.807, 2.05) is 36.4 Å². The number of nitrogens with zero attached hydrogens (tertiary/aromatic N) is 1. The molecule has 0 bridgehead atoms. The maximum atomic E-state index is 11.6. The van der Waals surface area contributed by atoms with Crippen molar-refractivity contribution in [3.05, 3.63) is 53.9 Å². The molecule has 2 aromatic rings. The van der Waals surface area contributed by atoms with Crippen molar-refractivity contribution in [2.24, 2.45) is 0 Å². The molecule has 3 nitrogen and oxygen atoms in total. The van der Waals surface area contributed by atoms with Crippen LogP contribution in [0.25, 0.3) is 11.1 Å². The lowest BCUT2D eigenvalue weighted by Gasteiger charge is -2.06. The average molecular weight is 227 g/mol. The Hall–Kier alpha value is -2.16. The fourth-order valence-electron chi connectivity index (χ4n) is 1.64. The minimum Gasteiger partial charge on any atom is -0.465 e. The van der Waals surface area contributed by atoms with Gasteiger partial charge in [0.15, 0.2) is 0 Å². The molecule has 3 heteroatoms. The van der Waals surface area contributed by atoms with Crippen LogP contribution in [-0.2, 0) is 4.74 Å². The molecule has 17 heavy (non-hydrogen) atoms. The number of methoxy groups -OCH3 is 1. The number of pyridine rings is 1. The minimum absolute atomic E-state index is 0.354. The summed E-state index contributed by atoms with van der Waals surface area (Å²) < 4.78 is 4.73. The zero-order valence-corrected chi connectivity index (χ0v) is 9.81. The molecule has 0 radical (unpaired) electrons. The summed E-state index contributed by atoms with van der Waals surface area (Å²) in [5, 5.41) is 0. The molecule has 0 saturated heterocycles. The molecule has 1 aromatic heterocycles. The van der Waals surface area contributed by atoms with Crippen LogP contribution in [0.2, 0.25) is 0 Å². The first kappa shape index (κ1) is 11.3. The Morgan fingerprint density at radius 3 is 2.53 bits per heavy atom. The molecule has 2 rings (SSSR count). The van der Waals surface area contributed by atoms with Gasteiger partial charge in [0.1, 0.15) is 0 Å². The summed E-state index contributed by atoms with van der Waals surface area (Å²) in [4.78, 5) is 15.8. The summed E-state index contributed by atoms with van der Waals surface area (Å²) in [5.41, 5.74) is 3.13. The van der Waals surface area contributed by atoms with E-state index in [4.69, 9.17) is 4.74 Å². The van der Waals surface area contributed by atoms with Crippen LogP contribution in [-0.4, -0.2) is 18.1 Å². The van der Waals surface area contributed by atoms with E-state index in [2.05, 4.69) is 4.98 Å². The maximum Gasteiger partial charge on any atom is 0.339 e. The third kappa shape index (κ3) is 2.33. The molecule has 0 fully saturated rings. The Morgan fingerprint density at radius 2 is 1.88 bits per heavy atom. The van der Waals surface area contributed by atoms with E-state index in [1.165, 1.54) is 7.11 Å². The molecular formula is C14H13NO2. The first-order chi connectivity index (χ1) is 8.22. The number of ether oxygens (including phenoxy) is 1. The van der Waals surface area contributed by atoms with Crippen molar-refractivity contribution in [1.82, 2.24) is 4.98 Å². The van der Waals surface area contributed by atoms with E-state index < -0.39 is 0 Å². The molecule has 1 heterocycles. The van der Waals surface area contributed by atoms with Gasteiger partial charge in [-0.25, -0.2) is 4.79 Å². The quantitative estimate of drug-likeness (QED) is 0.740. The monoisotopic (exact) mass is 227 g/mol. The molecule has 0 aliphatic rings. The maximum absolute atomic E-state index is 11.6. The highest BCUT2D eigenvalue weighted by atomic mass is 16.5. The highest BCUT2D eigenvalue weighted by Gasteiger charge is 2.11. The zero-order valence-electron chi connectivity index (χ0n) is 9.81. The predicted octanol–water partition coefficient (Wildman–Crippen LogP) is 2.84. The van der Waals surface area contributed by atoms with Gasteiger partial charge >= 0.3 is 5.97 Å². The summed E-state index contributed by atoms with van der Waals surface area (Å²) in [6.07, 6.45) is 1.76. The summed E-state index contributed by atoms with van der Waals surface area (Å²) in [6, 6.07) is 11.6. The van der Waals surface area contributed by atoms with Crippen molar-refractivity contribution in [3.8, 4) is 11.1 Å². The van der Waals surface area contributed by atoms with Crippen molar-refractivity contribution in [1.29, 1.82) is 0 Å². The second-order valence-corrected chi connectivity index (χ2v) is 3.71. The van der Waals surface area contributed by atoms with Crippen molar-refractivity contribution in [2.75, 3.05) is 7.11 Å². The molecule has 0 aliphatic carbocycles. The van der Waals surface area contributed by atoms with Gasteiger partial charge in [0.2, 0.25) is 0 Å². The second kappa shape index (κ2) is 4.78. The highest BCUT2D eigenvalue weighted by Crippen LogP contribution is 2.20. The number of carbonyl (C=O) groups is 1. The minimum atomic E-state index is -0.354. The van der Waals surface area contributed by atoms with Gasteiger partial charge in [-0.15, -0.1) is 0 Å². The third-order valence-electron chi connectivity index (χ3n) is 2.60. The molecule has 0 N–H and O–H groups in total.